The predicted molar refractivity (Wildman–Crippen MR) is 54.6 cm³/mol. The molecule has 0 aromatic heterocycles. The van der Waals surface area contributed by atoms with Crippen molar-refractivity contribution in [3.8, 4) is 0 Å². The Labute approximate surface area is 79.8 Å². The van der Waals surface area contributed by atoms with Crippen LogP contribution in [0, 0.1) is 19.7 Å². The minimum absolute atomic E-state index is 0.0573. The molecule has 0 N–H and O–H groups in total. The van der Waals surface area contributed by atoms with Crippen LogP contribution in [0.5, 0.6) is 0 Å². The van der Waals surface area contributed by atoms with Gasteiger partial charge in [0.05, 0.1) is 0 Å². The van der Waals surface area contributed by atoms with Crippen LogP contribution in [-0.2, 0) is 5.41 Å². The van der Waals surface area contributed by atoms with Gasteiger partial charge in [0.1, 0.15) is 5.82 Å². The van der Waals surface area contributed by atoms with Crippen molar-refractivity contribution in [3.05, 3.63) is 34.6 Å². The van der Waals surface area contributed by atoms with Crippen LogP contribution < -0.4 is 0 Å². The van der Waals surface area contributed by atoms with E-state index in [1.165, 1.54) is 0 Å². The summed E-state index contributed by atoms with van der Waals surface area (Å²) in [5, 5.41) is 0. The second-order valence-electron chi connectivity index (χ2n) is 4.69. The van der Waals surface area contributed by atoms with E-state index in [9.17, 15) is 4.39 Å². The van der Waals surface area contributed by atoms with Crippen LogP contribution in [0.4, 0.5) is 4.39 Å². The molecule has 0 radical (unpaired) electrons. The molecule has 0 saturated carbocycles. The fourth-order valence-corrected chi connectivity index (χ4v) is 1.50. The second-order valence-corrected chi connectivity index (χ2v) is 4.69. The van der Waals surface area contributed by atoms with Crippen molar-refractivity contribution in [2.75, 3.05) is 0 Å². The van der Waals surface area contributed by atoms with Crippen molar-refractivity contribution < 1.29 is 4.39 Å². The third-order valence-electron chi connectivity index (χ3n) is 2.21. The fraction of sp³-hybridized carbons (Fsp3) is 0.500. The molecular weight excluding hydrogens is 163 g/mol. The first-order valence-electron chi connectivity index (χ1n) is 4.59. The van der Waals surface area contributed by atoms with Crippen molar-refractivity contribution in [1.82, 2.24) is 0 Å². The minimum Gasteiger partial charge on any atom is -0.206 e. The van der Waals surface area contributed by atoms with Crippen LogP contribution in [0.2, 0.25) is 0 Å². The normalized spacial score (nSPS) is 11.8. The Balaban J connectivity index is 3.37. The molecule has 0 atom stereocenters. The Morgan fingerprint density at radius 2 is 1.62 bits per heavy atom. The number of benzene rings is 1. The zero-order valence-electron chi connectivity index (χ0n) is 9.03. The molecule has 0 amide bonds. The summed E-state index contributed by atoms with van der Waals surface area (Å²) in [6.45, 7) is 9.91. The van der Waals surface area contributed by atoms with Crippen LogP contribution in [0.15, 0.2) is 12.1 Å². The summed E-state index contributed by atoms with van der Waals surface area (Å²) in [7, 11) is 0. The average Bonchev–Trinajstić information content (AvgIpc) is 1.94. The van der Waals surface area contributed by atoms with Crippen molar-refractivity contribution in [2.24, 2.45) is 0 Å². The third kappa shape index (κ3) is 2.09. The van der Waals surface area contributed by atoms with Gasteiger partial charge in [-0.3, -0.25) is 0 Å². The molecule has 72 valence electrons. The van der Waals surface area contributed by atoms with Gasteiger partial charge < -0.3 is 0 Å². The predicted octanol–water partition coefficient (Wildman–Crippen LogP) is 3.74. The van der Waals surface area contributed by atoms with Gasteiger partial charge in [-0.2, -0.15) is 0 Å². The third-order valence-corrected chi connectivity index (χ3v) is 2.21. The molecule has 1 aromatic carbocycles. The Bertz CT molecular complexity index is 319. The number of halogens is 1. The van der Waals surface area contributed by atoms with Gasteiger partial charge in [-0.05, 0) is 30.4 Å². The first-order valence-corrected chi connectivity index (χ1v) is 4.59. The number of hydrogen-bond acceptors (Lipinski definition) is 0. The van der Waals surface area contributed by atoms with Crippen LogP contribution in [0.3, 0.4) is 0 Å². The van der Waals surface area contributed by atoms with Gasteiger partial charge in [0.25, 0.3) is 0 Å². The highest BCUT2D eigenvalue weighted by molar-refractivity contribution is 5.34. The summed E-state index contributed by atoms with van der Waals surface area (Å²) < 4.78 is 13.7. The lowest BCUT2D eigenvalue weighted by molar-refractivity contribution is 0.518. The van der Waals surface area contributed by atoms with E-state index in [1.807, 2.05) is 46.8 Å². The van der Waals surface area contributed by atoms with Gasteiger partial charge in [-0.25, -0.2) is 4.39 Å². The molecule has 0 heterocycles. The van der Waals surface area contributed by atoms with Gasteiger partial charge in [0, 0.05) is 0 Å². The van der Waals surface area contributed by atoms with E-state index in [1.54, 1.807) is 0 Å². The largest absolute Gasteiger partial charge is 0.206 e. The molecule has 0 aliphatic rings. The molecule has 0 aliphatic heterocycles. The lowest BCUT2D eigenvalue weighted by atomic mass is 9.85. The van der Waals surface area contributed by atoms with Crippen LogP contribution in [0.25, 0.3) is 0 Å². The molecule has 1 rings (SSSR count). The molecule has 0 nitrogen and oxygen atoms in total. The van der Waals surface area contributed by atoms with Crippen molar-refractivity contribution >= 4 is 0 Å². The number of aryl methyl sites for hydroxylation is 2. The fourth-order valence-electron chi connectivity index (χ4n) is 1.50. The van der Waals surface area contributed by atoms with E-state index >= 15 is 0 Å². The molecular formula is C12H17F. The Morgan fingerprint density at radius 1 is 1.08 bits per heavy atom. The van der Waals surface area contributed by atoms with Crippen LogP contribution >= 0.6 is 0 Å². The average molecular weight is 180 g/mol. The number of hydrogen-bond donors (Lipinski definition) is 0. The Hall–Kier alpha value is -0.850. The van der Waals surface area contributed by atoms with Crippen LogP contribution in [0.1, 0.15) is 37.5 Å². The van der Waals surface area contributed by atoms with Gasteiger partial charge >= 0.3 is 0 Å². The first-order chi connectivity index (χ1) is 5.82. The summed E-state index contributed by atoms with van der Waals surface area (Å²) in [5.41, 5.74) is 2.57. The van der Waals surface area contributed by atoms with Crippen LogP contribution in [-0.4, -0.2) is 0 Å². The molecule has 1 aromatic rings. The Kier molecular flexibility index (Phi) is 2.47. The zero-order valence-corrected chi connectivity index (χ0v) is 9.03. The molecule has 0 unspecified atom stereocenters. The quantitative estimate of drug-likeness (QED) is 0.570. The maximum Gasteiger partial charge on any atom is 0.129 e. The van der Waals surface area contributed by atoms with E-state index in [0.29, 0.717) is 0 Å². The first kappa shape index (κ1) is 10.2. The monoisotopic (exact) mass is 180 g/mol. The number of rotatable bonds is 0. The van der Waals surface area contributed by atoms with Gasteiger partial charge in [-0.1, -0.05) is 38.5 Å². The van der Waals surface area contributed by atoms with E-state index in [2.05, 4.69) is 0 Å². The van der Waals surface area contributed by atoms with E-state index in [4.69, 9.17) is 0 Å². The molecule has 1 heteroatoms. The zero-order chi connectivity index (χ0) is 10.2. The van der Waals surface area contributed by atoms with Gasteiger partial charge in [-0.15, -0.1) is 0 Å². The molecule has 0 saturated heterocycles. The lowest BCUT2D eigenvalue weighted by Gasteiger charge is -2.21. The van der Waals surface area contributed by atoms with E-state index in [-0.39, 0.29) is 11.2 Å². The van der Waals surface area contributed by atoms with Gasteiger partial charge in [0.2, 0.25) is 0 Å². The minimum atomic E-state index is -0.110. The Morgan fingerprint density at radius 3 is 2.08 bits per heavy atom. The second kappa shape index (κ2) is 3.13. The standard InChI is InChI=1S/C12H17F/c1-8-6-9(2)11(13)10(7-8)12(3,4)5/h6-7H,1-5H3. The summed E-state index contributed by atoms with van der Waals surface area (Å²) in [4.78, 5) is 0. The molecule has 0 fully saturated rings. The maximum atomic E-state index is 13.7. The summed E-state index contributed by atoms with van der Waals surface area (Å²) in [6.07, 6.45) is 0. The topological polar surface area (TPSA) is 0 Å². The van der Waals surface area contributed by atoms with Crippen molar-refractivity contribution in [1.29, 1.82) is 0 Å². The molecule has 0 spiro atoms. The summed E-state index contributed by atoms with van der Waals surface area (Å²) in [5.74, 6) is -0.0573. The van der Waals surface area contributed by atoms with E-state index in [0.717, 1.165) is 16.7 Å². The van der Waals surface area contributed by atoms with E-state index < -0.39 is 0 Å². The van der Waals surface area contributed by atoms with Crippen molar-refractivity contribution in [2.45, 2.75) is 40.0 Å². The highest BCUT2D eigenvalue weighted by Gasteiger charge is 2.19. The van der Waals surface area contributed by atoms with Crippen molar-refractivity contribution in [3.63, 3.8) is 0 Å². The molecule has 13 heavy (non-hydrogen) atoms. The highest BCUT2D eigenvalue weighted by Crippen LogP contribution is 2.27. The maximum absolute atomic E-state index is 13.7. The smallest absolute Gasteiger partial charge is 0.129 e. The highest BCUT2D eigenvalue weighted by atomic mass is 19.1. The lowest BCUT2D eigenvalue weighted by Crippen LogP contribution is -2.14. The molecule has 0 bridgehead atoms. The van der Waals surface area contributed by atoms with Gasteiger partial charge in [0.15, 0.2) is 0 Å². The summed E-state index contributed by atoms with van der Waals surface area (Å²) >= 11 is 0. The molecule has 0 aliphatic carbocycles. The SMILES string of the molecule is Cc1cc(C)c(F)c(C(C)(C)C)c1. The summed E-state index contributed by atoms with van der Waals surface area (Å²) in [6, 6.07) is 3.81.